The first-order valence-electron chi connectivity index (χ1n) is 2.94. The third-order valence-electron chi connectivity index (χ3n) is 0.975. The lowest BCUT2D eigenvalue weighted by atomic mass is 10.2. The van der Waals surface area contributed by atoms with Gasteiger partial charge in [-0.2, -0.15) is 0 Å². The van der Waals surface area contributed by atoms with Crippen LogP contribution in [0.25, 0.3) is 0 Å². The van der Waals surface area contributed by atoms with Crippen molar-refractivity contribution in [2.45, 2.75) is 12.8 Å². The molecule has 10 heavy (non-hydrogen) atoms. The number of esters is 1. The van der Waals surface area contributed by atoms with Crippen LogP contribution >= 0.6 is 0 Å². The number of hydrogen-bond acceptors (Lipinski definition) is 4. The summed E-state index contributed by atoms with van der Waals surface area (Å²) in [6.45, 7) is -0.0806. The molecule has 0 unspecified atom stereocenters. The number of methoxy groups -OCH3 is 1. The second kappa shape index (κ2) is 4.93. The molecule has 0 saturated heterocycles. The zero-order valence-corrected chi connectivity index (χ0v) is 5.79. The smallest absolute Gasteiger partial charge is 0.374 e. The molecule has 58 valence electrons. The molecule has 0 fully saturated rings. The largest absolute Gasteiger partial charge is 0.463 e. The van der Waals surface area contributed by atoms with Crippen LogP contribution in [0.4, 0.5) is 0 Å². The molecule has 4 heteroatoms. The molecule has 1 N–H and O–H groups in total. The standard InChI is InChI=1S/C6H10O4/c1-10-6(9)5(8)3-2-4-7/h7H,2-4H2,1H3. The Hall–Kier alpha value is -0.900. The molecule has 0 aromatic rings. The third kappa shape index (κ3) is 3.19. The highest BCUT2D eigenvalue weighted by molar-refractivity contribution is 6.33. The Morgan fingerprint density at radius 3 is 2.50 bits per heavy atom. The van der Waals surface area contributed by atoms with Gasteiger partial charge in [0.2, 0.25) is 5.78 Å². The van der Waals surface area contributed by atoms with E-state index >= 15 is 0 Å². The van der Waals surface area contributed by atoms with Gasteiger partial charge < -0.3 is 9.84 Å². The second-order valence-electron chi connectivity index (χ2n) is 1.74. The summed E-state index contributed by atoms with van der Waals surface area (Å²) in [4.78, 5) is 20.9. The number of aliphatic hydroxyl groups excluding tert-OH is 1. The first-order valence-corrected chi connectivity index (χ1v) is 2.94. The van der Waals surface area contributed by atoms with Crippen LogP contribution in [0.2, 0.25) is 0 Å². The minimum absolute atomic E-state index is 0.0587. The minimum Gasteiger partial charge on any atom is -0.463 e. The fraction of sp³-hybridized carbons (Fsp3) is 0.667. The van der Waals surface area contributed by atoms with E-state index < -0.39 is 11.8 Å². The minimum atomic E-state index is -0.839. The summed E-state index contributed by atoms with van der Waals surface area (Å²) < 4.78 is 4.14. The maximum atomic E-state index is 10.5. The lowest BCUT2D eigenvalue weighted by Crippen LogP contribution is -2.15. The normalized spacial score (nSPS) is 9.00. The number of ether oxygens (including phenoxy) is 1. The van der Waals surface area contributed by atoms with Crippen LogP contribution in [0.3, 0.4) is 0 Å². The van der Waals surface area contributed by atoms with Crippen LogP contribution in [0.15, 0.2) is 0 Å². The third-order valence-corrected chi connectivity index (χ3v) is 0.975. The number of Topliss-reactive ketones (excluding diaryl/α,β-unsaturated/α-hetero) is 1. The first kappa shape index (κ1) is 9.10. The predicted octanol–water partition coefficient (Wildman–Crippen LogP) is -0.499. The van der Waals surface area contributed by atoms with Crippen LogP contribution in [0.1, 0.15) is 12.8 Å². The highest BCUT2D eigenvalue weighted by Gasteiger charge is 2.11. The molecule has 0 bridgehead atoms. The van der Waals surface area contributed by atoms with Gasteiger partial charge in [-0.1, -0.05) is 0 Å². The summed E-state index contributed by atoms with van der Waals surface area (Å²) in [5.74, 6) is -1.43. The number of rotatable bonds is 4. The van der Waals surface area contributed by atoms with Crippen molar-refractivity contribution < 1.29 is 19.4 Å². The molecule has 4 nitrogen and oxygen atoms in total. The molecule has 0 aromatic carbocycles. The Kier molecular flexibility index (Phi) is 4.49. The molecule has 0 amide bonds. The molecule has 0 radical (unpaired) electrons. The van der Waals surface area contributed by atoms with Crippen LogP contribution in [0.5, 0.6) is 0 Å². The van der Waals surface area contributed by atoms with Gasteiger partial charge >= 0.3 is 5.97 Å². The number of hydrogen-bond donors (Lipinski definition) is 1. The molecule has 0 saturated carbocycles. The number of ketones is 1. The zero-order chi connectivity index (χ0) is 7.98. The molecule has 0 atom stereocenters. The monoisotopic (exact) mass is 146 g/mol. The van der Waals surface area contributed by atoms with E-state index in [-0.39, 0.29) is 13.0 Å². The van der Waals surface area contributed by atoms with E-state index in [1.165, 1.54) is 0 Å². The fourth-order valence-electron chi connectivity index (χ4n) is 0.456. The van der Waals surface area contributed by atoms with Crippen molar-refractivity contribution >= 4 is 11.8 Å². The van der Waals surface area contributed by atoms with E-state index in [9.17, 15) is 9.59 Å². The van der Waals surface area contributed by atoms with Crippen LogP contribution in [0, 0.1) is 0 Å². The predicted molar refractivity (Wildman–Crippen MR) is 33.3 cm³/mol. The summed E-state index contributed by atoms with van der Waals surface area (Å²) in [7, 11) is 1.15. The van der Waals surface area contributed by atoms with Gasteiger partial charge in [-0.05, 0) is 6.42 Å². The SMILES string of the molecule is COC(=O)C(=O)CCCO. The van der Waals surface area contributed by atoms with Crippen molar-refractivity contribution in [2.24, 2.45) is 0 Å². The Bertz CT molecular complexity index is 130. The van der Waals surface area contributed by atoms with Gasteiger partial charge in [-0.3, -0.25) is 4.79 Å². The quantitative estimate of drug-likeness (QED) is 0.429. The summed E-state index contributed by atoms with van der Waals surface area (Å²) in [6, 6.07) is 0. The zero-order valence-electron chi connectivity index (χ0n) is 5.79. The van der Waals surface area contributed by atoms with Gasteiger partial charge in [-0.25, -0.2) is 4.79 Å². The Balaban J connectivity index is 3.52. The van der Waals surface area contributed by atoms with Gasteiger partial charge in [0.15, 0.2) is 0 Å². The number of carbonyl (C=O) groups is 2. The summed E-state index contributed by atoms with van der Waals surface area (Å²) >= 11 is 0. The van der Waals surface area contributed by atoms with E-state index in [2.05, 4.69) is 4.74 Å². The second-order valence-corrected chi connectivity index (χ2v) is 1.74. The van der Waals surface area contributed by atoms with Gasteiger partial charge in [0.05, 0.1) is 7.11 Å². The van der Waals surface area contributed by atoms with Crippen molar-refractivity contribution in [1.82, 2.24) is 0 Å². The Morgan fingerprint density at radius 1 is 1.50 bits per heavy atom. The van der Waals surface area contributed by atoms with E-state index in [1.807, 2.05) is 0 Å². The molecule has 0 rings (SSSR count). The first-order chi connectivity index (χ1) is 4.72. The molecule has 0 aromatic heterocycles. The van der Waals surface area contributed by atoms with E-state index in [1.54, 1.807) is 0 Å². The van der Waals surface area contributed by atoms with E-state index in [0.717, 1.165) is 7.11 Å². The topological polar surface area (TPSA) is 63.6 Å². The molecular weight excluding hydrogens is 136 g/mol. The summed E-state index contributed by atoms with van der Waals surface area (Å²) in [5.41, 5.74) is 0. The average molecular weight is 146 g/mol. The van der Waals surface area contributed by atoms with Crippen molar-refractivity contribution in [3.63, 3.8) is 0 Å². The Labute approximate surface area is 58.8 Å². The lowest BCUT2D eigenvalue weighted by Gasteiger charge is -1.94. The van der Waals surface area contributed by atoms with Gasteiger partial charge in [0.1, 0.15) is 0 Å². The maximum absolute atomic E-state index is 10.5. The van der Waals surface area contributed by atoms with Crippen molar-refractivity contribution in [3.8, 4) is 0 Å². The summed E-state index contributed by atoms with van der Waals surface area (Å²) in [5, 5.41) is 8.27. The van der Waals surface area contributed by atoms with Crippen LogP contribution < -0.4 is 0 Å². The van der Waals surface area contributed by atoms with E-state index in [4.69, 9.17) is 5.11 Å². The average Bonchev–Trinajstić information content (AvgIpc) is 1.98. The van der Waals surface area contributed by atoms with Crippen LogP contribution in [-0.4, -0.2) is 30.6 Å². The number of carbonyl (C=O) groups excluding carboxylic acids is 2. The number of aliphatic hydroxyl groups is 1. The molecule has 0 aliphatic heterocycles. The lowest BCUT2D eigenvalue weighted by molar-refractivity contribution is -0.151. The van der Waals surface area contributed by atoms with Crippen LogP contribution in [-0.2, 0) is 14.3 Å². The van der Waals surface area contributed by atoms with Gasteiger partial charge in [-0.15, -0.1) is 0 Å². The summed E-state index contributed by atoms with van der Waals surface area (Å²) in [6.07, 6.45) is 0.372. The molecule has 0 heterocycles. The highest BCUT2D eigenvalue weighted by Crippen LogP contribution is 1.90. The Morgan fingerprint density at radius 2 is 2.10 bits per heavy atom. The van der Waals surface area contributed by atoms with E-state index in [0.29, 0.717) is 6.42 Å². The van der Waals surface area contributed by atoms with Crippen molar-refractivity contribution in [2.75, 3.05) is 13.7 Å². The highest BCUT2D eigenvalue weighted by atomic mass is 16.5. The molecule has 0 aliphatic carbocycles. The maximum Gasteiger partial charge on any atom is 0.374 e. The van der Waals surface area contributed by atoms with Gasteiger partial charge in [0.25, 0.3) is 0 Å². The van der Waals surface area contributed by atoms with Crippen molar-refractivity contribution in [3.05, 3.63) is 0 Å². The molecule has 0 spiro atoms. The van der Waals surface area contributed by atoms with Crippen molar-refractivity contribution in [1.29, 1.82) is 0 Å². The van der Waals surface area contributed by atoms with Gasteiger partial charge in [0, 0.05) is 13.0 Å². The molecule has 0 aliphatic rings. The fourth-order valence-corrected chi connectivity index (χ4v) is 0.456. The molecular formula is C6H10O4.